The molecule has 3 heteroatoms. The molecule has 0 aromatic heterocycles. The topological polar surface area (TPSA) is 18.5 Å². The third kappa shape index (κ3) is 6.17. The summed E-state index contributed by atoms with van der Waals surface area (Å²) < 4.78 is 0. The molecule has 1 aliphatic heterocycles. The first-order valence-electron chi connectivity index (χ1n) is 7.66. The van der Waals surface area contributed by atoms with E-state index >= 15 is 0 Å². The molecule has 1 atom stereocenters. The monoisotopic (exact) mass is 255 g/mol. The van der Waals surface area contributed by atoms with Gasteiger partial charge >= 0.3 is 0 Å². The van der Waals surface area contributed by atoms with E-state index in [1.807, 2.05) is 0 Å². The lowest BCUT2D eigenvalue weighted by atomic mass is 10.1. The number of rotatable bonds is 7. The van der Waals surface area contributed by atoms with Crippen molar-refractivity contribution < 1.29 is 0 Å². The Kier molecular flexibility index (Phi) is 7.20. The van der Waals surface area contributed by atoms with Crippen molar-refractivity contribution in [2.45, 2.75) is 40.7 Å². The van der Waals surface area contributed by atoms with Crippen LogP contribution in [0.5, 0.6) is 0 Å². The number of piperazine rings is 1. The summed E-state index contributed by atoms with van der Waals surface area (Å²) in [6.45, 7) is 20.0. The molecule has 0 amide bonds. The van der Waals surface area contributed by atoms with Gasteiger partial charge in [-0.3, -0.25) is 4.90 Å². The summed E-state index contributed by atoms with van der Waals surface area (Å²) in [5.74, 6) is 1.54. The van der Waals surface area contributed by atoms with Crippen molar-refractivity contribution in [3.63, 3.8) is 0 Å². The van der Waals surface area contributed by atoms with Crippen molar-refractivity contribution in [3.8, 4) is 0 Å². The quantitative estimate of drug-likeness (QED) is 0.749. The smallest absolute Gasteiger partial charge is 0.0193 e. The van der Waals surface area contributed by atoms with Gasteiger partial charge in [0, 0.05) is 45.3 Å². The maximum atomic E-state index is 3.57. The molecule has 1 heterocycles. The lowest BCUT2D eigenvalue weighted by molar-refractivity contribution is 0.0940. The second kappa shape index (κ2) is 8.13. The van der Waals surface area contributed by atoms with Gasteiger partial charge in [0.1, 0.15) is 0 Å². The lowest BCUT2D eigenvalue weighted by Crippen LogP contribution is -2.52. The molecule has 0 aromatic carbocycles. The van der Waals surface area contributed by atoms with Gasteiger partial charge in [-0.1, -0.05) is 27.7 Å². The molecular formula is C15H33N3. The summed E-state index contributed by atoms with van der Waals surface area (Å²) >= 11 is 0. The Morgan fingerprint density at radius 2 is 1.44 bits per heavy atom. The number of nitrogens with one attached hydrogen (secondary N) is 1. The largest absolute Gasteiger partial charge is 0.315 e. The third-order valence-electron chi connectivity index (χ3n) is 3.65. The summed E-state index contributed by atoms with van der Waals surface area (Å²) in [7, 11) is 0. The first-order valence-corrected chi connectivity index (χ1v) is 7.66. The normalized spacial score (nSPS) is 20.8. The summed E-state index contributed by atoms with van der Waals surface area (Å²) in [4.78, 5) is 5.24. The van der Waals surface area contributed by atoms with Gasteiger partial charge in [0.05, 0.1) is 0 Å². The van der Waals surface area contributed by atoms with Crippen LogP contribution in [0.4, 0.5) is 0 Å². The number of hydrogen-bond acceptors (Lipinski definition) is 3. The van der Waals surface area contributed by atoms with Crippen molar-refractivity contribution in [2.75, 3.05) is 45.8 Å². The zero-order valence-corrected chi connectivity index (χ0v) is 13.1. The fraction of sp³-hybridized carbons (Fsp3) is 1.00. The van der Waals surface area contributed by atoms with Crippen LogP contribution in [0.2, 0.25) is 0 Å². The van der Waals surface area contributed by atoms with Crippen LogP contribution in [0.15, 0.2) is 0 Å². The number of nitrogens with zero attached hydrogens (tertiary/aromatic N) is 2. The van der Waals surface area contributed by atoms with Crippen LogP contribution >= 0.6 is 0 Å². The fourth-order valence-corrected chi connectivity index (χ4v) is 2.61. The Morgan fingerprint density at radius 3 is 1.94 bits per heavy atom. The average molecular weight is 255 g/mol. The third-order valence-corrected chi connectivity index (χ3v) is 3.65. The molecular weight excluding hydrogens is 222 g/mol. The summed E-state index contributed by atoms with van der Waals surface area (Å²) in [6.07, 6.45) is 0. The van der Waals surface area contributed by atoms with E-state index in [2.05, 4.69) is 49.7 Å². The fourth-order valence-electron chi connectivity index (χ4n) is 2.61. The maximum Gasteiger partial charge on any atom is 0.0193 e. The van der Waals surface area contributed by atoms with E-state index in [1.165, 1.54) is 32.7 Å². The number of hydrogen-bond donors (Lipinski definition) is 1. The first kappa shape index (κ1) is 15.9. The molecule has 0 aromatic rings. The van der Waals surface area contributed by atoms with Crippen molar-refractivity contribution in [2.24, 2.45) is 11.8 Å². The van der Waals surface area contributed by atoms with E-state index in [-0.39, 0.29) is 0 Å². The minimum absolute atomic E-state index is 0.671. The van der Waals surface area contributed by atoms with Crippen LogP contribution in [-0.2, 0) is 0 Å². The van der Waals surface area contributed by atoms with Gasteiger partial charge in [0.2, 0.25) is 0 Å². The lowest BCUT2D eigenvalue weighted by Gasteiger charge is -2.38. The van der Waals surface area contributed by atoms with Gasteiger partial charge in [-0.15, -0.1) is 0 Å². The molecule has 1 unspecified atom stereocenters. The molecule has 1 fully saturated rings. The van der Waals surface area contributed by atoms with Gasteiger partial charge in [-0.2, -0.15) is 0 Å². The van der Waals surface area contributed by atoms with E-state index in [0.717, 1.165) is 24.9 Å². The van der Waals surface area contributed by atoms with Crippen LogP contribution in [0.25, 0.3) is 0 Å². The van der Waals surface area contributed by atoms with Crippen molar-refractivity contribution >= 4 is 0 Å². The highest BCUT2D eigenvalue weighted by Gasteiger charge is 2.20. The standard InChI is InChI=1S/C15H33N3/c1-13(2)10-16-11-15(5)18-8-6-17(7-9-18)12-14(3)4/h13-16H,6-12H2,1-5H3. The van der Waals surface area contributed by atoms with Crippen LogP contribution in [0, 0.1) is 11.8 Å². The van der Waals surface area contributed by atoms with Gasteiger partial charge < -0.3 is 10.2 Å². The molecule has 1 aliphatic rings. The predicted molar refractivity (Wildman–Crippen MR) is 80.0 cm³/mol. The molecule has 1 rings (SSSR count). The molecule has 0 aliphatic carbocycles. The molecule has 0 radical (unpaired) electrons. The molecule has 0 bridgehead atoms. The maximum absolute atomic E-state index is 3.57. The molecule has 18 heavy (non-hydrogen) atoms. The van der Waals surface area contributed by atoms with E-state index in [0.29, 0.717) is 6.04 Å². The van der Waals surface area contributed by atoms with Gasteiger partial charge in [-0.25, -0.2) is 0 Å². The van der Waals surface area contributed by atoms with E-state index in [4.69, 9.17) is 0 Å². The molecule has 1 saturated heterocycles. The summed E-state index contributed by atoms with van der Waals surface area (Å²) in [6, 6.07) is 0.671. The van der Waals surface area contributed by atoms with Crippen LogP contribution in [-0.4, -0.2) is 61.7 Å². The first-order chi connectivity index (χ1) is 8.49. The Morgan fingerprint density at radius 1 is 0.833 bits per heavy atom. The molecule has 0 saturated carbocycles. The van der Waals surface area contributed by atoms with E-state index in [1.54, 1.807) is 0 Å². The van der Waals surface area contributed by atoms with Crippen LogP contribution in [0.3, 0.4) is 0 Å². The van der Waals surface area contributed by atoms with E-state index in [9.17, 15) is 0 Å². The highest BCUT2D eigenvalue weighted by Crippen LogP contribution is 2.08. The average Bonchev–Trinajstić information content (AvgIpc) is 2.28. The van der Waals surface area contributed by atoms with Crippen LogP contribution in [0.1, 0.15) is 34.6 Å². The van der Waals surface area contributed by atoms with Gasteiger partial charge in [-0.05, 0) is 25.3 Å². The summed E-state index contributed by atoms with van der Waals surface area (Å²) in [5, 5.41) is 3.57. The summed E-state index contributed by atoms with van der Waals surface area (Å²) in [5.41, 5.74) is 0. The minimum atomic E-state index is 0.671. The SMILES string of the molecule is CC(C)CNCC(C)N1CCN(CC(C)C)CC1. The van der Waals surface area contributed by atoms with Gasteiger partial charge in [0.25, 0.3) is 0 Å². The van der Waals surface area contributed by atoms with Gasteiger partial charge in [0.15, 0.2) is 0 Å². The second-order valence-corrected chi connectivity index (χ2v) is 6.63. The Balaban J connectivity index is 2.17. The minimum Gasteiger partial charge on any atom is -0.315 e. The van der Waals surface area contributed by atoms with Crippen molar-refractivity contribution in [1.29, 1.82) is 0 Å². The van der Waals surface area contributed by atoms with E-state index < -0.39 is 0 Å². The van der Waals surface area contributed by atoms with Crippen molar-refractivity contribution in [3.05, 3.63) is 0 Å². The Hall–Kier alpha value is -0.120. The highest BCUT2D eigenvalue weighted by atomic mass is 15.3. The van der Waals surface area contributed by atoms with Crippen molar-refractivity contribution in [1.82, 2.24) is 15.1 Å². The molecule has 1 N–H and O–H groups in total. The molecule has 3 nitrogen and oxygen atoms in total. The zero-order chi connectivity index (χ0) is 13.5. The molecule has 0 spiro atoms. The second-order valence-electron chi connectivity index (χ2n) is 6.63. The highest BCUT2D eigenvalue weighted by molar-refractivity contribution is 4.78. The zero-order valence-electron chi connectivity index (χ0n) is 13.1. The Labute approximate surface area is 114 Å². The Bertz CT molecular complexity index is 208. The molecule has 108 valence electrons. The predicted octanol–water partition coefficient (Wildman–Crippen LogP) is 1.89. The van der Waals surface area contributed by atoms with Crippen LogP contribution < -0.4 is 5.32 Å².